The van der Waals surface area contributed by atoms with Gasteiger partial charge < -0.3 is 14.7 Å². The van der Waals surface area contributed by atoms with Crippen LogP contribution >= 0.6 is 0 Å². The molecule has 1 aromatic heterocycles. The van der Waals surface area contributed by atoms with Gasteiger partial charge >= 0.3 is 0 Å². The summed E-state index contributed by atoms with van der Waals surface area (Å²) in [6.45, 7) is 3.18. The van der Waals surface area contributed by atoms with E-state index in [9.17, 15) is 14.7 Å². The van der Waals surface area contributed by atoms with E-state index in [1.54, 1.807) is 15.8 Å². The zero-order valence-electron chi connectivity index (χ0n) is 18.1. The Morgan fingerprint density at radius 3 is 2.64 bits per heavy atom. The van der Waals surface area contributed by atoms with Gasteiger partial charge in [0.1, 0.15) is 6.17 Å². The number of aryl methyl sites for hydroxylation is 1. The first kappa shape index (κ1) is 19.8. The Kier molecular flexibility index (Phi) is 4.41. The summed E-state index contributed by atoms with van der Waals surface area (Å²) < 4.78 is 7.47. The fraction of sp³-hybridized carbons (Fsp3) is 0.231. The number of morpholine rings is 1. The fourth-order valence-corrected chi connectivity index (χ4v) is 5.16. The molecular formula is C26H23N3O4. The van der Waals surface area contributed by atoms with Gasteiger partial charge in [-0.05, 0) is 29.2 Å². The first-order valence-electron chi connectivity index (χ1n) is 11.0. The third kappa shape index (κ3) is 2.93. The molecule has 166 valence electrons. The Bertz CT molecular complexity index is 1380. The second kappa shape index (κ2) is 7.35. The van der Waals surface area contributed by atoms with Crippen molar-refractivity contribution in [2.45, 2.75) is 19.1 Å². The van der Waals surface area contributed by atoms with E-state index >= 15 is 0 Å². The van der Waals surface area contributed by atoms with Gasteiger partial charge in [0.15, 0.2) is 11.4 Å². The van der Waals surface area contributed by atoms with Crippen LogP contribution in [0.25, 0.3) is 12.2 Å². The lowest BCUT2D eigenvalue weighted by Gasteiger charge is -2.51. The predicted molar refractivity (Wildman–Crippen MR) is 125 cm³/mol. The van der Waals surface area contributed by atoms with Crippen molar-refractivity contribution in [2.75, 3.05) is 24.8 Å². The molecule has 1 saturated heterocycles. The monoisotopic (exact) mass is 441 g/mol. The molecule has 1 N–H and O–H groups in total. The molecule has 1 aliphatic carbocycles. The Labute approximate surface area is 190 Å². The smallest absolute Gasteiger partial charge is 0.278 e. The molecule has 0 saturated carbocycles. The first-order chi connectivity index (χ1) is 16.0. The van der Waals surface area contributed by atoms with Crippen LogP contribution in [0, 0.1) is 6.92 Å². The largest absolute Gasteiger partial charge is 0.502 e. The second-order valence-corrected chi connectivity index (χ2v) is 8.65. The maximum absolute atomic E-state index is 13.4. The molecule has 2 aromatic carbocycles. The van der Waals surface area contributed by atoms with E-state index in [0.717, 1.165) is 27.8 Å². The first-order valence-corrected chi connectivity index (χ1v) is 11.0. The highest BCUT2D eigenvalue weighted by molar-refractivity contribution is 5.96. The van der Waals surface area contributed by atoms with Crippen molar-refractivity contribution in [3.8, 4) is 5.75 Å². The molecule has 7 heteroatoms. The number of pyridine rings is 1. The van der Waals surface area contributed by atoms with Crippen LogP contribution < -0.4 is 10.4 Å². The van der Waals surface area contributed by atoms with Crippen LogP contribution in [0.4, 0.5) is 0 Å². The minimum atomic E-state index is -0.569. The molecule has 6 rings (SSSR count). The van der Waals surface area contributed by atoms with Crippen LogP contribution in [0.5, 0.6) is 5.75 Å². The molecule has 3 aliphatic rings. The minimum absolute atomic E-state index is 0.00968. The van der Waals surface area contributed by atoms with Gasteiger partial charge in [-0.25, -0.2) is 0 Å². The lowest BCUT2D eigenvalue weighted by molar-refractivity contribution is -0.0197. The van der Waals surface area contributed by atoms with Crippen molar-refractivity contribution >= 4 is 18.1 Å². The number of carbonyl (C=O) groups is 1. The number of amides is 1. The summed E-state index contributed by atoms with van der Waals surface area (Å²) in [6, 6.07) is 15.6. The van der Waals surface area contributed by atoms with Crippen LogP contribution in [0.15, 0.2) is 59.5 Å². The van der Waals surface area contributed by atoms with Crippen LogP contribution in [0.2, 0.25) is 0 Å². The zero-order chi connectivity index (χ0) is 22.7. The van der Waals surface area contributed by atoms with E-state index in [2.05, 4.69) is 54.4 Å². The third-order valence-electron chi connectivity index (χ3n) is 6.71. The van der Waals surface area contributed by atoms with Gasteiger partial charge in [0.05, 0.1) is 19.3 Å². The Hall–Kier alpha value is -3.84. The molecule has 1 fully saturated rings. The number of fused-ring (bicyclic) bond motifs is 4. The summed E-state index contributed by atoms with van der Waals surface area (Å²) in [6.07, 6.45) is 5.40. The third-order valence-corrected chi connectivity index (χ3v) is 6.71. The molecule has 1 amide bonds. The highest BCUT2D eigenvalue weighted by Crippen LogP contribution is 2.40. The highest BCUT2D eigenvalue weighted by atomic mass is 16.5. The second-order valence-electron chi connectivity index (χ2n) is 8.65. The van der Waals surface area contributed by atoms with Crippen molar-refractivity contribution in [2.24, 2.45) is 0 Å². The van der Waals surface area contributed by atoms with Gasteiger partial charge in [-0.2, -0.15) is 0 Å². The number of rotatable bonds is 1. The van der Waals surface area contributed by atoms with E-state index in [4.69, 9.17) is 4.74 Å². The Morgan fingerprint density at radius 1 is 1.00 bits per heavy atom. The predicted octanol–water partition coefficient (Wildman–Crippen LogP) is 2.89. The van der Waals surface area contributed by atoms with Crippen LogP contribution in [0.3, 0.4) is 0 Å². The molecular weight excluding hydrogens is 418 g/mol. The maximum atomic E-state index is 13.4. The summed E-state index contributed by atoms with van der Waals surface area (Å²) in [5.74, 6) is -0.888. The van der Waals surface area contributed by atoms with Crippen molar-refractivity contribution in [3.05, 3.63) is 98.5 Å². The summed E-state index contributed by atoms with van der Waals surface area (Å²) in [4.78, 5) is 27.4. The van der Waals surface area contributed by atoms with Crippen molar-refractivity contribution < 1.29 is 14.6 Å². The SMILES string of the molecule is Cc1ccc2c(c1)C(N1[C@@H]3COCCN3C(=O)c3c(O)c(=O)ccn31)c1ccccc1C=C2. The lowest BCUT2D eigenvalue weighted by atomic mass is 9.91. The van der Waals surface area contributed by atoms with E-state index in [0.29, 0.717) is 19.8 Å². The molecule has 1 unspecified atom stereocenters. The molecule has 2 aliphatic heterocycles. The van der Waals surface area contributed by atoms with Crippen LogP contribution in [-0.2, 0) is 4.74 Å². The van der Waals surface area contributed by atoms with Gasteiger partial charge in [-0.3, -0.25) is 19.3 Å². The van der Waals surface area contributed by atoms with Gasteiger partial charge in [0.25, 0.3) is 5.91 Å². The van der Waals surface area contributed by atoms with Crippen molar-refractivity contribution in [1.82, 2.24) is 9.58 Å². The maximum Gasteiger partial charge on any atom is 0.278 e. The minimum Gasteiger partial charge on any atom is -0.502 e. The number of aromatic nitrogens is 1. The summed E-state index contributed by atoms with van der Waals surface area (Å²) >= 11 is 0. The average molecular weight is 441 g/mol. The normalized spacial score (nSPS) is 21.1. The highest BCUT2D eigenvalue weighted by Gasteiger charge is 2.45. The lowest BCUT2D eigenvalue weighted by Crippen LogP contribution is -2.66. The van der Waals surface area contributed by atoms with Crippen molar-refractivity contribution in [1.29, 1.82) is 0 Å². The molecule has 0 radical (unpaired) electrons. The number of nitrogens with zero attached hydrogens (tertiary/aromatic N) is 3. The van der Waals surface area contributed by atoms with E-state index in [1.807, 2.05) is 12.1 Å². The number of hydrogen-bond donors (Lipinski definition) is 1. The molecule has 3 heterocycles. The molecule has 0 bridgehead atoms. The van der Waals surface area contributed by atoms with E-state index in [1.165, 1.54) is 6.07 Å². The van der Waals surface area contributed by atoms with Gasteiger partial charge in [-0.15, -0.1) is 0 Å². The summed E-state index contributed by atoms with van der Waals surface area (Å²) in [7, 11) is 0. The summed E-state index contributed by atoms with van der Waals surface area (Å²) in [5, 5.41) is 12.7. The molecule has 33 heavy (non-hydrogen) atoms. The number of ether oxygens (including phenoxy) is 1. The zero-order valence-corrected chi connectivity index (χ0v) is 18.1. The number of aromatic hydroxyl groups is 1. The summed E-state index contributed by atoms with van der Waals surface area (Å²) in [5.41, 5.74) is 4.85. The Morgan fingerprint density at radius 2 is 1.79 bits per heavy atom. The van der Waals surface area contributed by atoms with Crippen LogP contribution in [0.1, 0.15) is 44.3 Å². The Balaban J connectivity index is 1.67. The molecule has 0 spiro atoms. The topological polar surface area (TPSA) is 75.0 Å². The number of benzene rings is 2. The molecule has 3 aromatic rings. The molecule has 2 atom stereocenters. The van der Waals surface area contributed by atoms with Gasteiger partial charge in [0, 0.05) is 18.8 Å². The number of carbonyl (C=O) groups excluding carboxylic acids is 1. The average Bonchev–Trinajstić information content (AvgIpc) is 2.98. The standard InChI is InChI=1S/C26H23N3O4/c1-16-6-7-18-9-8-17-4-2-3-5-19(17)23(20(18)14-16)29-22-15-33-13-12-27(22)26(32)24-25(31)21(30)10-11-28(24)29/h2-11,14,22-23,31H,12-13,15H2,1H3/t22-,23?/m1/s1. The fourth-order valence-electron chi connectivity index (χ4n) is 5.16. The van der Waals surface area contributed by atoms with Crippen molar-refractivity contribution in [3.63, 3.8) is 0 Å². The van der Waals surface area contributed by atoms with E-state index in [-0.39, 0.29) is 17.6 Å². The quantitative estimate of drug-likeness (QED) is 0.629. The number of hydrogen-bond acceptors (Lipinski definition) is 5. The molecule has 7 nitrogen and oxygen atoms in total. The van der Waals surface area contributed by atoms with Crippen LogP contribution in [-0.4, -0.2) is 46.5 Å². The van der Waals surface area contributed by atoms with Gasteiger partial charge in [0.2, 0.25) is 5.43 Å². The van der Waals surface area contributed by atoms with E-state index < -0.39 is 17.3 Å². The van der Waals surface area contributed by atoms with Gasteiger partial charge in [-0.1, -0.05) is 60.2 Å².